The summed E-state index contributed by atoms with van der Waals surface area (Å²) in [4.78, 5) is 17.4. The molecule has 0 bridgehead atoms. The standard InChI is InChI=1S/C20H20ClN3O5S3/c1-28-12-5-6-13(16(10-12)29-2)14-11-30-20(22-14)23-19(25)15-4-3-9-24(15)32(26,27)18-8-7-17(21)31-18/h5-8,10-11,15H,3-4,9H2,1-2H3,(H,22,23,25). The summed E-state index contributed by atoms with van der Waals surface area (Å²) in [5.74, 6) is 0.843. The second-order valence-electron chi connectivity index (χ2n) is 6.93. The summed E-state index contributed by atoms with van der Waals surface area (Å²) in [7, 11) is -0.664. The van der Waals surface area contributed by atoms with Crippen LogP contribution < -0.4 is 14.8 Å². The molecule has 2 aromatic heterocycles. The molecule has 1 aliphatic rings. The minimum atomic E-state index is -3.80. The van der Waals surface area contributed by atoms with Gasteiger partial charge >= 0.3 is 0 Å². The third-order valence-electron chi connectivity index (χ3n) is 5.04. The lowest BCUT2D eigenvalue weighted by Gasteiger charge is -2.22. The Labute approximate surface area is 198 Å². The maximum absolute atomic E-state index is 13.0. The van der Waals surface area contributed by atoms with Crippen molar-refractivity contribution < 1.29 is 22.7 Å². The quantitative estimate of drug-likeness (QED) is 0.505. The molecule has 12 heteroatoms. The highest BCUT2D eigenvalue weighted by Crippen LogP contribution is 2.36. The Balaban J connectivity index is 1.52. The first kappa shape index (κ1) is 23.0. The molecule has 1 N–H and O–H groups in total. The van der Waals surface area contributed by atoms with Crippen molar-refractivity contribution in [2.45, 2.75) is 23.1 Å². The van der Waals surface area contributed by atoms with E-state index in [2.05, 4.69) is 10.3 Å². The number of amides is 1. The van der Waals surface area contributed by atoms with Gasteiger partial charge in [0.25, 0.3) is 10.0 Å². The average molecular weight is 514 g/mol. The molecule has 1 amide bonds. The number of thiophene rings is 1. The van der Waals surface area contributed by atoms with Crippen LogP contribution in [0.4, 0.5) is 5.13 Å². The third kappa shape index (κ3) is 4.48. The average Bonchev–Trinajstić information content (AvgIpc) is 3.54. The van der Waals surface area contributed by atoms with E-state index in [1.807, 2.05) is 6.07 Å². The van der Waals surface area contributed by atoms with Crippen LogP contribution in [0.3, 0.4) is 0 Å². The number of rotatable bonds is 7. The van der Waals surface area contributed by atoms with Crippen molar-refractivity contribution in [3.8, 4) is 22.8 Å². The molecular weight excluding hydrogens is 494 g/mol. The molecule has 170 valence electrons. The van der Waals surface area contributed by atoms with Crippen molar-refractivity contribution in [2.24, 2.45) is 0 Å². The highest BCUT2D eigenvalue weighted by Gasteiger charge is 2.40. The van der Waals surface area contributed by atoms with Gasteiger partial charge < -0.3 is 14.8 Å². The summed E-state index contributed by atoms with van der Waals surface area (Å²) in [6.45, 7) is 0.280. The Bertz CT molecular complexity index is 1240. The number of halogens is 1. The Morgan fingerprint density at radius 1 is 1.25 bits per heavy atom. The van der Waals surface area contributed by atoms with Crippen molar-refractivity contribution in [1.82, 2.24) is 9.29 Å². The number of benzene rings is 1. The van der Waals surface area contributed by atoms with E-state index in [1.54, 1.807) is 31.7 Å². The molecule has 4 rings (SSSR count). The SMILES string of the molecule is COc1ccc(-c2csc(NC(=O)C3CCCN3S(=O)(=O)c3ccc(Cl)s3)n2)c(OC)c1. The van der Waals surface area contributed by atoms with Gasteiger partial charge in [-0.25, -0.2) is 13.4 Å². The van der Waals surface area contributed by atoms with Crippen LogP contribution in [0, 0.1) is 0 Å². The van der Waals surface area contributed by atoms with Gasteiger partial charge in [-0.1, -0.05) is 11.6 Å². The zero-order valence-corrected chi connectivity index (χ0v) is 20.4. The molecular formula is C20H20ClN3O5S3. The third-order valence-corrected chi connectivity index (χ3v) is 9.40. The van der Waals surface area contributed by atoms with Gasteiger partial charge in [0.1, 0.15) is 21.8 Å². The van der Waals surface area contributed by atoms with Crippen LogP contribution in [0.25, 0.3) is 11.3 Å². The lowest BCUT2D eigenvalue weighted by atomic mass is 10.1. The molecule has 1 fully saturated rings. The molecule has 3 heterocycles. The number of nitrogens with zero attached hydrogens (tertiary/aromatic N) is 2. The van der Waals surface area contributed by atoms with E-state index in [-0.39, 0.29) is 10.8 Å². The van der Waals surface area contributed by atoms with Gasteiger partial charge in [0, 0.05) is 23.6 Å². The number of anilines is 1. The number of nitrogens with one attached hydrogen (secondary N) is 1. The number of methoxy groups -OCH3 is 2. The number of carbonyl (C=O) groups is 1. The van der Waals surface area contributed by atoms with Gasteiger partial charge in [0.2, 0.25) is 5.91 Å². The van der Waals surface area contributed by atoms with E-state index in [1.165, 1.54) is 27.8 Å². The van der Waals surface area contributed by atoms with Gasteiger partial charge in [-0.05, 0) is 37.1 Å². The minimum Gasteiger partial charge on any atom is -0.497 e. The molecule has 3 aromatic rings. The maximum atomic E-state index is 13.0. The van der Waals surface area contributed by atoms with E-state index < -0.39 is 22.0 Å². The topological polar surface area (TPSA) is 97.8 Å². The van der Waals surface area contributed by atoms with Crippen molar-refractivity contribution in [3.05, 3.63) is 40.0 Å². The maximum Gasteiger partial charge on any atom is 0.253 e. The minimum absolute atomic E-state index is 0.130. The van der Waals surface area contributed by atoms with E-state index in [4.69, 9.17) is 21.1 Å². The van der Waals surface area contributed by atoms with E-state index in [0.29, 0.717) is 39.5 Å². The predicted octanol–water partition coefficient (Wildman–Crippen LogP) is 4.33. The highest BCUT2D eigenvalue weighted by molar-refractivity contribution is 7.91. The van der Waals surface area contributed by atoms with E-state index in [9.17, 15) is 13.2 Å². The van der Waals surface area contributed by atoms with Gasteiger partial charge in [0.15, 0.2) is 5.13 Å². The number of aromatic nitrogens is 1. The van der Waals surface area contributed by atoms with Crippen LogP contribution in [0.15, 0.2) is 39.9 Å². The molecule has 1 unspecified atom stereocenters. The first-order valence-electron chi connectivity index (χ1n) is 9.59. The molecule has 1 aromatic carbocycles. The number of hydrogen-bond acceptors (Lipinski definition) is 8. The van der Waals surface area contributed by atoms with Gasteiger partial charge in [0.05, 0.1) is 24.2 Å². The summed E-state index contributed by atoms with van der Waals surface area (Å²) >= 11 is 8.14. The highest BCUT2D eigenvalue weighted by atomic mass is 35.5. The van der Waals surface area contributed by atoms with Crippen LogP contribution >= 0.6 is 34.3 Å². The largest absolute Gasteiger partial charge is 0.497 e. The first-order chi connectivity index (χ1) is 15.3. The molecule has 8 nitrogen and oxygen atoms in total. The summed E-state index contributed by atoms with van der Waals surface area (Å²) in [6.07, 6.45) is 1.04. The van der Waals surface area contributed by atoms with Crippen molar-refractivity contribution in [1.29, 1.82) is 0 Å². The normalized spacial score (nSPS) is 16.8. The lowest BCUT2D eigenvalue weighted by molar-refractivity contribution is -0.119. The fourth-order valence-corrected chi connectivity index (χ4v) is 7.48. The Morgan fingerprint density at radius 2 is 2.06 bits per heavy atom. The molecule has 0 spiro atoms. The number of carbonyl (C=O) groups excluding carboxylic acids is 1. The molecule has 1 atom stereocenters. The van der Waals surface area contributed by atoms with Crippen molar-refractivity contribution in [3.63, 3.8) is 0 Å². The molecule has 0 aliphatic carbocycles. The fourth-order valence-electron chi connectivity index (χ4n) is 3.50. The summed E-state index contributed by atoms with van der Waals surface area (Å²) in [5, 5.41) is 4.95. The van der Waals surface area contributed by atoms with Crippen molar-refractivity contribution in [2.75, 3.05) is 26.1 Å². The van der Waals surface area contributed by atoms with Gasteiger partial charge in [-0.3, -0.25) is 4.79 Å². The Morgan fingerprint density at radius 3 is 2.75 bits per heavy atom. The second-order valence-corrected chi connectivity index (χ2v) is 11.6. The number of thiazole rings is 1. The fraction of sp³-hybridized carbons (Fsp3) is 0.300. The molecule has 0 radical (unpaired) electrons. The van der Waals surface area contributed by atoms with Crippen LogP contribution in [0.5, 0.6) is 11.5 Å². The molecule has 1 saturated heterocycles. The smallest absolute Gasteiger partial charge is 0.253 e. The summed E-state index contributed by atoms with van der Waals surface area (Å²) < 4.78 is 38.4. The van der Waals surface area contributed by atoms with Gasteiger partial charge in [-0.15, -0.1) is 22.7 Å². The monoisotopic (exact) mass is 513 g/mol. The van der Waals surface area contributed by atoms with E-state index >= 15 is 0 Å². The zero-order valence-electron chi connectivity index (χ0n) is 17.2. The van der Waals surface area contributed by atoms with Crippen LogP contribution in [0.1, 0.15) is 12.8 Å². The van der Waals surface area contributed by atoms with Crippen LogP contribution in [-0.2, 0) is 14.8 Å². The van der Waals surface area contributed by atoms with E-state index in [0.717, 1.165) is 16.9 Å². The number of sulfonamides is 1. The number of ether oxygens (including phenoxy) is 2. The molecule has 1 aliphatic heterocycles. The molecule has 32 heavy (non-hydrogen) atoms. The summed E-state index contributed by atoms with van der Waals surface area (Å²) in [6, 6.07) is 7.58. The molecule has 0 saturated carbocycles. The second kappa shape index (κ2) is 9.36. The number of hydrogen-bond donors (Lipinski definition) is 1. The predicted molar refractivity (Wildman–Crippen MR) is 126 cm³/mol. The Kier molecular flexibility index (Phi) is 6.72. The zero-order chi connectivity index (χ0) is 22.9. The van der Waals surface area contributed by atoms with Crippen molar-refractivity contribution >= 4 is 55.3 Å². The van der Waals surface area contributed by atoms with Crippen LogP contribution in [0.2, 0.25) is 4.34 Å². The first-order valence-corrected chi connectivity index (χ1v) is 13.1. The Hall–Kier alpha value is -2.18. The lowest BCUT2D eigenvalue weighted by Crippen LogP contribution is -2.42. The van der Waals surface area contributed by atoms with Crippen LogP contribution in [-0.4, -0.2) is 50.4 Å². The van der Waals surface area contributed by atoms with Gasteiger partial charge in [-0.2, -0.15) is 4.31 Å². The summed E-state index contributed by atoms with van der Waals surface area (Å²) in [5.41, 5.74) is 1.39.